The van der Waals surface area contributed by atoms with E-state index in [9.17, 15) is 0 Å². The summed E-state index contributed by atoms with van der Waals surface area (Å²) < 4.78 is 10.4. The van der Waals surface area contributed by atoms with Crippen molar-refractivity contribution in [2.24, 2.45) is 0 Å². The zero-order chi connectivity index (χ0) is 13.1. The zero-order valence-electron chi connectivity index (χ0n) is 12.2. The summed E-state index contributed by atoms with van der Waals surface area (Å²) in [6.45, 7) is 11.3. The molecular weight excluding hydrogens is 216 g/mol. The van der Waals surface area contributed by atoms with Gasteiger partial charge in [0.25, 0.3) is 0 Å². The van der Waals surface area contributed by atoms with Gasteiger partial charge < -0.3 is 14.8 Å². The van der Waals surface area contributed by atoms with E-state index in [1.807, 2.05) is 0 Å². The van der Waals surface area contributed by atoms with Crippen LogP contribution in [0.3, 0.4) is 0 Å². The van der Waals surface area contributed by atoms with Crippen molar-refractivity contribution in [2.45, 2.75) is 39.3 Å². The predicted octanol–water partition coefficient (Wildman–Crippen LogP) is 1.36. The van der Waals surface area contributed by atoms with Crippen LogP contribution in [0.1, 0.15) is 27.2 Å². The highest BCUT2D eigenvalue weighted by molar-refractivity contribution is 4.74. The van der Waals surface area contributed by atoms with E-state index in [0.717, 1.165) is 39.3 Å². The van der Waals surface area contributed by atoms with E-state index in [4.69, 9.17) is 9.47 Å². The van der Waals surface area contributed by atoms with Gasteiger partial charge in [0.2, 0.25) is 0 Å². The van der Waals surface area contributed by atoms with E-state index in [2.05, 4.69) is 31.0 Å². The van der Waals surface area contributed by atoms with Gasteiger partial charge in [0.15, 0.2) is 0 Å². The van der Waals surface area contributed by atoms with Crippen LogP contribution in [0.25, 0.3) is 0 Å². The molecule has 0 aromatic rings. The third kappa shape index (κ3) is 7.71. The first-order chi connectivity index (χ1) is 8.17. The van der Waals surface area contributed by atoms with Crippen molar-refractivity contribution in [1.82, 2.24) is 10.2 Å². The number of hydrogen-bond acceptors (Lipinski definition) is 4. The van der Waals surface area contributed by atoms with Gasteiger partial charge in [0.1, 0.15) is 0 Å². The molecule has 104 valence electrons. The Morgan fingerprint density at radius 1 is 1.12 bits per heavy atom. The molecule has 0 heterocycles. The van der Waals surface area contributed by atoms with Crippen LogP contribution >= 0.6 is 0 Å². The molecule has 0 bridgehead atoms. The maximum atomic E-state index is 5.24. The van der Waals surface area contributed by atoms with Gasteiger partial charge in [-0.25, -0.2) is 0 Å². The second kappa shape index (κ2) is 11.0. The van der Waals surface area contributed by atoms with Crippen LogP contribution in [0.15, 0.2) is 0 Å². The van der Waals surface area contributed by atoms with Gasteiger partial charge in [0.05, 0.1) is 13.2 Å². The normalized spacial score (nSPS) is 15.2. The molecule has 0 saturated carbocycles. The van der Waals surface area contributed by atoms with Crippen molar-refractivity contribution >= 4 is 0 Å². The fraction of sp³-hybridized carbons (Fsp3) is 1.00. The molecule has 0 aliphatic heterocycles. The monoisotopic (exact) mass is 246 g/mol. The average Bonchev–Trinajstić information content (AvgIpc) is 2.30. The number of ether oxygens (including phenoxy) is 2. The van der Waals surface area contributed by atoms with E-state index in [-0.39, 0.29) is 0 Å². The van der Waals surface area contributed by atoms with Crippen molar-refractivity contribution in [2.75, 3.05) is 47.1 Å². The molecule has 0 aliphatic carbocycles. The van der Waals surface area contributed by atoms with Gasteiger partial charge in [-0.3, -0.25) is 4.90 Å². The molecule has 2 unspecified atom stereocenters. The molecular formula is C13H30N2O2. The van der Waals surface area contributed by atoms with Crippen LogP contribution in [-0.4, -0.2) is 64.1 Å². The van der Waals surface area contributed by atoms with Crippen molar-refractivity contribution in [3.05, 3.63) is 0 Å². The van der Waals surface area contributed by atoms with Crippen molar-refractivity contribution in [1.29, 1.82) is 0 Å². The summed E-state index contributed by atoms with van der Waals surface area (Å²) in [5.41, 5.74) is 0. The van der Waals surface area contributed by atoms with Crippen LogP contribution in [0.5, 0.6) is 0 Å². The zero-order valence-corrected chi connectivity index (χ0v) is 12.2. The Balaban J connectivity index is 4.12. The second-order valence-electron chi connectivity index (χ2n) is 4.53. The summed E-state index contributed by atoms with van der Waals surface area (Å²) in [5.74, 6) is 0. The van der Waals surface area contributed by atoms with E-state index < -0.39 is 0 Å². The Bertz CT molecular complexity index is 167. The maximum absolute atomic E-state index is 5.24. The Morgan fingerprint density at radius 2 is 1.82 bits per heavy atom. The van der Waals surface area contributed by atoms with E-state index in [1.165, 1.54) is 0 Å². The minimum Gasteiger partial charge on any atom is -0.383 e. The molecule has 0 aliphatic rings. The quantitative estimate of drug-likeness (QED) is 0.558. The smallest absolute Gasteiger partial charge is 0.0615 e. The van der Waals surface area contributed by atoms with Gasteiger partial charge in [-0.05, 0) is 33.4 Å². The average molecular weight is 246 g/mol. The largest absolute Gasteiger partial charge is 0.383 e. The predicted molar refractivity (Wildman–Crippen MR) is 72.5 cm³/mol. The summed E-state index contributed by atoms with van der Waals surface area (Å²) >= 11 is 0. The fourth-order valence-corrected chi connectivity index (χ4v) is 2.06. The lowest BCUT2D eigenvalue weighted by molar-refractivity contribution is 0.0495. The molecule has 0 saturated heterocycles. The molecule has 0 aromatic carbocycles. The number of nitrogens with zero attached hydrogens (tertiary/aromatic N) is 1. The van der Waals surface area contributed by atoms with Crippen LogP contribution in [0.4, 0.5) is 0 Å². The van der Waals surface area contributed by atoms with Gasteiger partial charge in [-0.2, -0.15) is 0 Å². The molecule has 0 spiro atoms. The van der Waals surface area contributed by atoms with Gasteiger partial charge in [-0.1, -0.05) is 6.92 Å². The molecule has 17 heavy (non-hydrogen) atoms. The Kier molecular flexibility index (Phi) is 10.9. The number of methoxy groups -OCH3 is 2. The molecule has 4 heteroatoms. The summed E-state index contributed by atoms with van der Waals surface area (Å²) in [5, 5.41) is 3.37. The summed E-state index contributed by atoms with van der Waals surface area (Å²) in [6, 6.07) is 0.987. The Hall–Kier alpha value is -0.160. The topological polar surface area (TPSA) is 33.7 Å². The van der Waals surface area contributed by atoms with Gasteiger partial charge >= 0.3 is 0 Å². The van der Waals surface area contributed by atoms with E-state index in [1.54, 1.807) is 14.2 Å². The minimum absolute atomic E-state index is 0.437. The highest BCUT2D eigenvalue weighted by Crippen LogP contribution is 2.09. The molecule has 1 N–H and O–H groups in total. The lowest BCUT2D eigenvalue weighted by atomic mass is 10.1. The number of hydrogen-bond donors (Lipinski definition) is 1. The Labute approximate surface area is 107 Å². The van der Waals surface area contributed by atoms with Crippen LogP contribution < -0.4 is 5.32 Å². The van der Waals surface area contributed by atoms with Crippen molar-refractivity contribution in [3.8, 4) is 0 Å². The first-order valence-corrected chi connectivity index (χ1v) is 6.61. The van der Waals surface area contributed by atoms with E-state index in [0.29, 0.717) is 12.1 Å². The highest BCUT2D eigenvalue weighted by Gasteiger charge is 2.19. The van der Waals surface area contributed by atoms with Crippen LogP contribution in [-0.2, 0) is 9.47 Å². The lowest BCUT2D eigenvalue weighted by Gasteiger charge is -2.34. The molecule has 0 amide bonds. The van der Waals surface area contributed by atoms with Crippen LogP contribution in [0.2, 0.25) is 0 Å². The minimum atomic E-state index is 0.437. The standard InChI is InChI=1S/C13H30N2O2/c1-6-14-8-7-12(2)15(9-10-16-4)13(3)11-17-5/h12-14H,6-11H2,1-5H3. The second-order valence-corrected chi connectivity index (χ2v) is 4.53. The molecule has 0 aromatic heterocycles. The summed E-state index contributed by atoms with van der Waals surface area (Å²) in [4.78, 5) is 2.46. The third-order valence-corrected chi connectivity index (χ3v) is 3.08. The SMILES string of the molecule is CCNCCC(C)N(CCOC)C(C)COC. The number of rotatable bonds is 11. The molecule has 4 nitrogen and oxygen atoms in total. The maximum Gasteiger partial charge on any atom is 0.0615 e. The van der Waals surface area contributed by atoms with Gasteiger partial charge in [0, 0.05) is 32.8 Å². The molecule has 0 rings (SSSR count). The summed E-state index contributed by atoms with van der Waals surface area (Å²) in [6.07, 6.45) is 1.16. The van der Waals surface area contributed by atoms with E-state index >= 15 is 0 Å². The molecule has 0 radical (unpaired) electrons. The number of nitrogens with one attached hydrogen (secondary N) is 1. The Morgan fingerprint density at radius 3 is 2.35 bits per heavy atom. The van der Waals surface area contributed by atoms with Crippen molar-refractivity contribution < 1.29 is 9.47 Å². The third-order valence-electron chi connectivity index (χ3n) is 3.08. The molecule has 2 atom stereocenters. The lowest BCUT2D eigenvalue weighted by Crippen LogP contribution is -2.45. The fourth-order valence-electron chi connectivity index (χ4n) is 2.06. The summed E-state index contributed by atoms with van der Waals surface area (Å²) in [7, 11) is 3.51. The molecule has 0 fully saturated rings. The highest BCUT2D eigenvalue weighted by atomic mass is 16.5. The first-order valence-electron chi connectivity index (χ1n) is 6.61. The van der Waals surface area contributed by atoms with Crippen molar-refractivity contribution in [3.63, 3.8) is 0 Å². The first kappa shape index (κ1) is 16.8. The van der Waals surface area contributed by atoms with Gasteiger partial charge in [-0.15, -0.1) is 0 Å². The van der Waals surface area contributed by atoms with Crippen LogP contribution in [0, 0.1) is 0 Å².